The second-order valence-electron chi connectivity index (χ2n) is 6.70. The van der Waals surface area contributed by atoms with Crippen molar-refractivity contribution in [1.29, 1.82) is 0 Å². The van der Waals surface area contributed by atoms with Gasteiger partial charge in [0.1, 0.15) is 5.75 Å². The number of hydrogen-bond acceptors (Lipinski definition) is 4. The number of aliphatic hydroxyl groups is 1. The summed E-state index contributed by atoms with van der Waals surface area (Å²) in [6.07, 6.45) is 2.36. The molecule has 0 amide bonds. The summed E-state index contributed by atoms with van der Waals surface area (Å²) in [6.45, 7) is 8.22. The van der Waals surface area contributed by atoms with Crippen LogP contribution in [0.4, 0.5) is 0 Å². The van der Waals surface area contributed by atoms with Crippen molar-refractivity contribution in [3.63, 3.8) is 0 Å². The van der Waals surface area contributed by atoms with Crippen LogP contribution in [0.3, 0.4) is 0 Å². The minimum absolute atomic E-state index is 0. The Labute approximate surface area is 145 Å². The molecule has 1 aromatic rings. The number of benzene rings is 1. The SMILES string of the molecule is CCOc1ccccc1CN1CC(CO)C2(CCNCC2)C1.Cl. The van der Waals surface area contributed by atoms with Gasteiger partial charge in [-0.1, -0.05) is 18.2 Å². The Kier molecular flexibility index (Phi) is 6.72. The van der Waals surface area contributed by atoms with Gasteiger partial charge in [-0.25, -0.2) is 0 Å². The van der Waals surface area contributed by atoms with E-state index in [9.17, 15) is 5.11 Å². The number of ether oxygens (including phenoxy) is 1. The van der Waals surface area contributed by atoms with E-state index in [-0.39, 0.29) is 12.4 Å². The van der Waals surface area contributed by atoms with Gasteiger partial charge in [0, 0.05) is 37.7 Å². The summed E-state index contributed by atoms with van der Waals surface area (Å²) in [5.74, 6) is 1.41. The number of piperidine rings is 1. The van der Waals surface area contributed by atoms with E-state index in [0.29, 0.717) is 24.5 Å². The van der Waals surface area contributed by atoms with E-state index in [2.05, 4.69) is 28.4 Å². The molecule has 4 nitrogen and oxygen atoms in total. The molecular formula is C18H29ClN2O2. The molecule has 1 spiro atoms. The van der Waals surface area contributed by atoms with Crippen molar-refractivity contribution < 1.29 is 9.84 Å². The van der Waals surface area contributed by atoms with Crippen LogP contribution >= 0.6 is 12.4 Å². The second-order valence-corrected chi connectivity index (χ2v) is 6.70. The maximum absolute atomic E-state index is 9.83. The number of likely N-dealkylation sites (tertiary alicyclic amines) is 1. The zero-order valence-corrected chi connectivity index (χ0v) is 14.8. The molecule has 130 valence electrons. The van der Waals surface area contributed by atoms with E-state index >= 15 is 0 Å². The van der Waals surface area contributed by atoms with Crippen LogP contribution < -0.4 is 10.1 Å². The molecule has 1 unspecified atom stereocenters. The van der Waals surface area contributed by atoms with Crippen molar-refractivity contribution in [2.45, 2.75) is 26.3 Å². The predicted molar refractivity (Wildman–Crippen MR) is 95.2 cm³/mol. The lowest BCUT2D eigenvalue weighted by Crippen LogP contribution is -2.42. The van der Waals surface area contributed by atoms with E-state index in [4.69, 9.17) is 4.74 Å². The average Bonchev–Trinajstić information content (AvgIpc) is 2.87. The van der Waals surface area contributed by atoms with Crippen LogP contribution in [-0.4, -0.2) is 49.4 Å². The third-order valence-electron chi connectivity index (χ3n) is 5.37. The van der Waals surface area contributed by atoms with Crippen molar-refractivity contribution in [3.8, 4) is 5.75 Å². The summed E-state index contributed by atoms with van der Waals surface area (Å²) in [7, 11) is 0. The molecule has 0 aliphatic carbocycles. The normalized spacial score (nSPS) is 23.7. The molecule has 0 aromatic heterocycles. The molecule has 1 aromatic carbocycles. The van der Waals surface area contributed by atoms with Gasteiger partial charge in [0.25, 0.3) is 0 Å². The highest BCUT2D eigenvalue weighted by Crippen LogP contribution is 2.43. The summed E-state index contributed by atoms with van der Waals surface area (Å²) in [5, 5.41) is 13.3. The Morgan fingerprint density at radius 3 is 2.74 bits per heavy atom. The lowest BCUT2D eigenvalue weighted by Gasteiger charge is -2.38. The maximum Gasteiger partial charge on any atom is 0.123 e. The summed E-state index contributed by atoms with van der Waals surface area (Å²) in [6, 6.07) is 8.33. The first kappa shape index (κ1) is 18.5. The standard InChI is InChI=1S/C18H28N2O2.ClH/c1-2-22-17-6-4-3-5-15(17)11-20-12-16(13-21)18(14-20)7-9-19-10-8-18;/h3-6,16,19,21H,2,7-14H2,1H3;1H. The van der Waals surface area contributed by atoms with E-state index in [1.54, 1.807) is 0 Å². The van der Waals surface area contributed by atoms with E-state index in [0.717, 1.165) is 38.5 Å². The fourth-order valence-electron chi connectivity index (χ4n) is 4.18. The van der Waals surface area contributed by atoms with Gasteiger partial charge in [0.2, 0.25) is 0 Å². The zero-order valence-electron chi connectivity index (χ0n) is 14.0. The number of nitrogens with zero attached hydrogens (tertiary/aromatic N) is 1. The summed E-state index contributed by atoms with van der Waals surface area (Å²) in [4.78, 5) is 2.50. The van der Waals surface area contributed by atoms with Crippen molar-refractivity contribution in [1.82, 2.24) is 10.2 Å². The van der Waals surface area contributed by atoms with Crippen LogP contribution in [0.1, 0.15) is 25.3 Å². The molecule has 0 radical (unpaired) electrons. The molecule has 2 aliphatic heterocycles. The van der Waals surface area contributed by atoms with Gasteiger partial charge in [-0.05, 0) is 44.3 Å². The summed E-state index contributed by atoms with van der Waals surface area (Å²) >= 11 is 0. The first-order valence-electron chi connectivity index (χ1n) is 8.52. The summed E-state index contributed by atoms with van der Waals surface area (Å²) in [5.41, 5.74) is 1.56. The van der Waals surface area contributed by atoms with E-state index in [1.165, 1.54) is 18.4 Å². The molecule has 5 heteroatoms. The lowest BCUT2D eigenvalue weighted by atomic mass is 9.71. The van der Waals surface area contributed by atoms with Gasteiger partial charge in [-0.3, -0.25) is 4.90 Å². The fourth-order valence-corrected chi connectivity index (χ4v) is 4.18. The molecule has 2 heterocycles. The smallest absolute Gasteiger partial charge is 0.123 e. The number of hydrogen-bond donors (Lipinski definition) is 2. The number of rotatable bonds is 5. The van der Waals surface area contributed by atoms with Crippen LogP contribution in [0.25, 0.3) is 0 Å². The molecule has 2 aliphatic rings. The van der Waals surface area contributed by atoms with Gasteiger partial charge in [0.15, 0.2) is 0 Å². The quantitative estimate of drug-likeness (QED) is 0.863. The van der Waals surface area contributed by atoms with Gasteiger partial charge in [-0.2, -0.15) is 0 Å². The Balaban J connectivity index is 0.00000192. The minimum atomic E-state index is 0. The zero-order chi connectivity index (χ0) is 15.4. The topological polar surface area (TPSA) is 44.7 Å². The molecule has 1 atom stereocenters. The van der Waals surface area contributed by atoms with Gasteiger partial charge in [0.05, 0.1) is 6.61 Å². The Morgan fingerprint density at radius 1 is 1.30 bits per heavy atom. The van der Waals surface area contributed by atoms with E-state index < -0.39 is 0 Å². The third kappa shape index (κ3) is 4.00. The van der Waals surface area contributed by atoms with Crippen molar-refractivity contribution in [2.75, 3.05) is 39.4 Å². The number of nitrogens with one attached hydrogen (secondary N) is 1. The van der Waals surface area contributed by atoms with Crippen LogP contribution in [-0.2, 0) is 6.54 Å². The molecular weight excluding hydrogens is 312 g/mol. The van der Waals surface area contributed by atoms with Crippen LogP contribution in [0.15, 0.2) is 24.3 Å². The maximum atomic E-state index is 9.83. The molecule has 0 bridgehead atoms. The molecule has 2 N–H and O–H groups in total. The Bertz CT molecular complexity index is 492. The van der Waals surface area contributed by atoms with Crippen LogP contribution in [0.5, 0.6) is 5.75 Å². The van der Waals surface area contributed by atoms with Crippen molar-refractivity contribution >= 4 is 12.4 Å². The first-order chi connectivity index (χ1) is 10.8. The van der Waals surface area contributed by atoms with Gasteiger partial charge >= 0.3 is 0 Å². The monoisotopic (exact) mass is 340 g/mol. The van der Waals surface area contributed by atoms with Crippen LogP contribution in [0, 0.1) is 11.3 Å². The lowest BCUT2D eigenvalue weighted by molar-refractivity contribution is 0.0984. The summed E-state index contributed by atoms with van der Waals surface area (Å²) < 4.78 is 5.75. The molecule has 3 rings (SSSR count). The average molecular weight is 341 g/mol. The highest BCUT2D eigenvalue weighted by molar-refractivity contribution is 5.85. The van der Waals surface area contributed by atoms with Crippen molar-refractivity contribution in [2.24, 2.45) is 11.3 Å². The number of para-hydroxylation sites is 1. The van der Waals surface area contributed by atoms with Crippen LogP contribution in [0.2, 0.25) is 0 Å². The van der Waals surface area contributed by atoms with Crippen molar-refractivity contribution in [3.05, 3.63) is 29.8 Å². The van der Waals surface area contributed by atoms with Gasteiger partial charge < -0.3 is 15.2 Å². The Morgan fingerprint density at radius 2 is 2.04 bits per heavy atom. The first-order valence-corrected chi connectivity index (χ1v) is 8.52. The highest BCUT2D eigenvalue weighted by Gasteiger charge is 2.46. The molecule has 2 fully saturated rings. The molecule has 23 heavy (non-hydrogen) atoms. The number of aliphatic hydroxyl groups excluding tert-OH is 1. The molecule has 0 saturated carbocycles. The number of halogens is 1. The van der Waals surface area contributed by atoms with Gasteiger partial charge in [-0.15, -0.1) is 12.4 Å². The fraction of sp³-hybridized carbons (Fsp3) is 0.667. The largest absolute Gasteiger partial charge is 0.494 e. The van der Waals surface area contributed by atoms with E-state index in [1.807, 2.05) is 13.0 Å². The predicted octanol–water partition coefficient (Wildman–Crippen LogP) is 2.30. The molecule has 2 saturated heterocycles. The Hall–Kier alpha value is -0.810. The third-order valence-corrected chi connectivity index (χ3v) is 5.37. The second kappa shape index (κ2) is 8.34. The minimum Gasteiger partial charge on any atom is -0.494 e. The highest BCUT2D eigenvalue weighted by atomic mass is 35.5.